The van der Waals surface area contributed by atoms with Gasteiger partial charge >= 0.3 is 0 Å². The van der Waals surface area contributed by atoms with E-state index in [1.165, 1.54) is 44.9 Å². The number of hydrogen-bond acceptors (Lipinski definition) is 3. The third-order valence-corrected chi connectivity index (χ3v) is 4.89. The first kappa shape index (κ1) is 16.8. The van der Waals surface area contributed by atoms with Gasteiger partial charge in [-0.15, -0.1) is 0 Å². The first-order valence-corrected chi connectivity index (χ1v) is 8.92. The van der Waals surface area contributed by atoms with Gasteiger partial charge in [0.1, 0.15) is 0 Å². The number of likely N-dealkylation sites (tertiary alicyclic amines) is 1. The predicted octanol–water partition coefficient (Wildman–Crippen LogP) is 2.24. The molecule has 0 bridgehead atoms. The number of carbonyl (C=O) groups is 1. The van der Waals surface area contributed by atoms with Crippen molar-refractivity contribution in [1.82, 2.24) is 15.1 Å². The molecule has 0 saturated carbocycles. The Morgan fingerprint density at radius 3 is 2.38 bits per heavy atom. The van der Waals surface area contributed by atoms with Crippen LogP contribution in [0.2, 0.25) is 0 Å². The van der Waals surface area contributed by atoms with E-state index in [2.05, 4.69) is 29.0 Å². The molecule has 0 radical (unpaired) electrons. The summed E-state index contributed by atoms with van der Waals surface area (Å²) in [5.41, 5.74) is 0. The van der Waals surface area contributed by atoms with Gasteiger partial charge in [0.15, 0.2) is 0 Å². The van der Waals surface area contributed by atoms with E-state index in [1.807, 2.05) is 0 Å². The van der Waals surface area contributed by atoms with Crippen LogP contribution in [0.15, 0.2) is 0 Å². The molecule has 1 amide bonds. The lowest BCUT2D eigenvalue weighted by Crippen LogP contribution is -2.47. The first-order valence-electron chi connectivity index (χ1n) is 8.92. The fourth-order valence-corrected chi connectivity index (χ4v) is 3.42. The second-order valence-electron chi connectivity index (χ2n) is 6.97. The molecule has 2 fully saturated rings. The molecule has 2 rings (SSSR count). The molecule has 4 heteroatoms. The Bertz CT molecular complexity index is 305. The van der Waals surface area contributed by atoms with E-state index >= 15 is 0 Å². The fourth-order valence-electron chi connectivity index (χ4n) is 3.42. The summed E-state index contributed by atoms with van der Waals surface area (Å²) >= 11 is 0. The highest BCUT2D eigenvalue weighted by Crippen LogP contribution is 2.13. The summed E-state index contributed by atoms with van der Waals surface area (Å²) in [6, 6.07) is 1.01. The van der Waals surface area contributed by atoms with E-state index in [9.17, 15) is 4.79 Å². The Morgan fingerprint density at radius 1 is 1.14 bits per heavy atom. The average molecular weight is 295 g/mol. The molecule has 1 unspecified atom stereocenters. The van der Waals surface area contributed by atoms with Crippen molar-refractivity contribution in [3.05, 3.63) is 0 Å². The van der Waals surface area contributed by atoms with Crippen LogP contribution < -0.4 is 5.32 Å². The van der Waals surface area contributed by atoms with Crippen LogP contribution in [0, 0.1) is 0 Å². The topological polar surface area (TPSA) is 35.6 Å². The van der Waals surface area contributed by atoms with Gasteiger partial charge in [-0.25, -0.2) is 0 Å². The summed E-state index contributed by atoms with van der Waals surface area (Å²) in [4.78, 5) is 17.1. The highest BCUT2D eigenvalue weighted by atomic mass is 16.2. The molecule has 2 heterocycles. The zero-order valence-corrected chi connectivity index (χ0v) is 13.9. The normalized spacial score (nSPS) is 24.4. The van der Waals surface area contributed by atoms with Crippen LogP contribution >= 0.6 is 0 Å². The molecule has 2 aliphatic heterocycles. The molecule has 122 valence electrons. The Labute approximate surface area is 130 Å². The Hall–Kier alpha value is -0.610. The summed E-state index contributed by atoms with van der Waals surface area (Å²) in [6.45, 7) is 9.08. The van der Waals surface area contributed by atoms with Crippen molar-refractivity contribution in [3.8, 4) is 0 Å². The number of nitrogens with zero attached hydrogens (tertiary/aromatic N) is 2. The van der Waals surface area contributed by atoms with Gasteiger partial charge in [0.2, 0.25) is 5.91 Å². The maximum absolute atomic E-state index is 12.6. The molecule has 1 atom stereocenters. The SMILES string of the molecule is CC(C)N(CC(=O)N1CCCCCCC1)CC1CCCN1. The predicted molar refractivity (Wildman–Crippen MR) is 87.4 cm³/mol. The summed E-state index contributed by atoms with van der Waals surface area (Å²) < 4.78 is 0. The quantitative estimate of drug-likeness (QED) is 0.845. The lowest BCUT2D eigenvalue weighted by Gasteiger charge is -2.32. The number of nitrogens with one attached hydrogen (secondary N) is 1. The number of carbonyl (C=O) groups excluding carboxylic acids is 1. The number of rotatable bonds is 5. The fraction of sp³-hybridized carbons (Fsp3) is 0.941. The van der Waals surface area contributed by atoms with E-state index in [0.29, 0.717) is 24.5 Å². The standard InChI is InChI=1S/C17H33N3O/c1-15(2)20(13-16-9-8-10-18-16)14-17(21)19-11-6-4-3-5-7-12-19/h15-16,18H,3-14H2,1-2H3. The van der Waals surface area contributed by atoms with Gasteiger partial charge in [-0.2, -0.15) is 0 Å². The van der Waals surface area contributed by atoms with Crippen molar-refractivity contribution < 1.29 is 4.79 Å². The van der Waals surface area contributed by atoms with Crippen LogP contribution in [0.3, 0.4) is 0 Å². The molecule has 4 nitrogen and oxygen atoms in total. The smallest absolute Gasteiger partial charge is 0.236 e. The van der Waals surface area contributed by atoms with Crippen LogP contribution in [0.5, 0.6) is 0 Å². The van der Waals surface area contributed by atoms with Crippen molar-refractivity contribution in [2.75, 3.05) is 32.7 Å². The number of amides is 1. The van der Waals surface area contributed by atoms with E-state index in [0.717, 1.165) is 26.2 Å². The Morgan fingerprint density at radius 2 is 1.81 bits per heavy atom. The van der Waals surface area contributed by atoms with E-state index in [4.69, 9.17) is 0 Å². The molecule has 21 heavy (non-hydrogen) atoms. The first-order chi connectivity index (χ1) is 10.2. The molecule has 2 aliphatic rings. The summed E-state index contributed by atoms with van der Waals surface area (Å²) in [7, 11) is 0. The zero-order chi connectivity index (χ0) is 15.1. The van der Waals surface area contributed by atoms with Crippen LogP contribution in [0.4, 0.5) is 0 Å². The lowest BCUT2D eigenvalue weighted by molar-refractivity contribution is -0.133. The van der Waals surface area contributed by atoms with Crippen LogP contribution in [-0.2, 0) is 4.79 Å². The maximum Gasteiger partial charge on any atom is 0.236 e. The molecule has 2 saturated heterocycles. The van der Waals surface area contributed by atoms with Crippen LogP contribution in [0.25, 0.3) is 0 Å². The molecule has 0 aromatic heterocycles. The van der Waals surface area contributed by atoms with Gasteiger partial charge in [0, 0.05) is 31.7 Å². The Balaban J connectivity index is 1.83. The molecular weight excluding hydrogens is 262 g/mol. The minimum atomic E-state index is 0.337. The highest BCUT2D eigenvalue weighted by Gasteiger charge is 2.23. The van der Waals surface area contributed by atoms with E-state index < -0.39 is 0 Å². The van der Waals surface area contributed by atoms with Crippen molar-refractivity contribution >= 4 is 5.91 Å². The Kier molecular flexibility index (Phi) is 6.97. The molecular formula is C17H33N3O. The summed E-state index contributed by atoms with van der Waals surface area (Å²) in [5, 5.41) is 3.55. The van der Waals surface area contributed by atoms with Gasteiger partial charge < -0.3 is 10.2 Å². The van der Waals surface area contributed by atoms with E-state index in [1.54, 1.807) is 0 Å². The largest absolute Gasteiger partial charge is 0.342 e. The number of hydrogen-bond donors (Lipinski definition) is 1. The molecule has 1 N–H and O–H groups in total. The lowest BCUT2D eigenvalue weighted by atomic mass is 10.1. The average Bonchev–Trinajstić information content (AvgIpc) is 2.90. The van der Waals surface area contributed by atoms with Gasteiger partial charge in [0.25, 0.3) is 0 Å². The zero-order valence-electron chi connectivity index (χ0n) is 13.9. The van der Waals surface area contributed by atoms with Gasteiger partial charge in [0.05, 0.1) is 6.54 Å². The maximum atomic E-state index is 12.6. The van der Waals surface area contributed by atoms with E-state index in [-0.39, 0.29) is 0 Å². The van der Waals surface area contributed by atoms with Crippen LogP contribution in [-0.4, -0.2) is 60.5 Å². The van der Waals surface area contributed by atoms with Gasteiger partial charge in [-0.1, -0.05) is 19.3 Å². The minimum Gasteiger partial charge on any atom is -0.342 e. The highest BCUT2D eigenvalue weighted by molar-refractivity contribution is 5.78. The van der Waals surface area contributed by atoms with Gasteiger partial charge in [-0.05, 0) is 46.1 Å². The second kappa shape index (κ2) is 8.74. The van der Waals surface area contributed by atoms with Crippen molar-refractivity contribution in [2.24, 2.45) is 0 Å². The van der Waals surface area contributed by atoms with Crippen molar-refractivity contribution in [1.29, 1.82) is 0 Å². The summed E-state index contributed by atoms with van der Waals surface area (Å²) in [6.07, 6.45) is 8.79. The van der Waals surface area contributed by atoms with Crippen molar-refractivity contribution in [2.45, 2.75) is 70.9 Å². The molecule has 0 spiro atoms. The second-order valence-corrected chi connectivity index (χ2v) is 6.97. The molecule has 0 aromatic rings. The minimum absolute atomic E-state index is 0.337. The van der Waals surface area contributed by atoms with Gasteiger partial charge in [-0.3, -0.25) is 9.69 Å². The summed E-state index contributed by atoms with van der Waals surface area (Å²) in [5.74, 6) is 0.337. The third-order valence-electron chi connectivity index (χ3n) is 4.89. The van der Waals surface area contributed by atoms with Crippen LogP contribution in [0.1, 0.15) is 58.8 Å². The third kappa shape index (κ3) is 5.59. The monoisotopic (exact) mass is 295 g/mol. The molecule has 0 aliphatic carbocycles. The van der Waals surface area contributed by atoms with Crippen molar-refractivity contribution in [3.63, 3.8) is 0 Å². The molecule has 0 aromatic carbocycles.